The number of nitrogens with zero attached hydrogens (tertiary/aromatic N) is 1. The summed E-state index contributed by atoms with van der Waals surface area (Å²) in [6.07, 6.45) is 1.45. The lowest BCUT2D eigenvalue weighted by molar-refractivity contribution is -0.112. The van der Waals surface area contributed by atoms with E-state index < -0.39 is 11.9 Å². The Hall–Kier alpha value is -3.31. The summed E-state index contributed by atoms with van der Waals surface area (Å²) in [5, 5.41) is 12.1. The van der Waals surface area contributed by atoms with Crippen molar-refractivity contribution >= 4 is 39.6 Å². The molecule has 0 unspecified atom stereocenters. The second-order valence-corrected chi connectivity index (χ2v) is 6.73. The molecule has 0 fully saturated rings. The first-order chi connectivity index (χ1) is 14.4. The second-order valence-electron chi connectivity index (χ2n) is 5.88. The highest BCUT2D eigenvalue weighted by Gasteiger charge is 2.14. The zero-order valence-electron chi connectivity index (χ0n) is 16.8. The van der Waals surface area contributed by atoms with Gasteiger partial charge in [0.2, 0.25) is 0 Å². The van der Waals surface area contributed by atoms with Gasteiger partial charge in [0.25, 0.3) is 5.91 Å². The van der Waals surface area contributed by atoms with Crippen LogP contribution in [0.3, 0.4) is 0 Å². The monoisotopic (exact) mass is 472 g/mol. The standard InChI is InChI=1S/C22H21BrN2O5/c1-4-29-19-12-20(30-5-2)18(23)11-15(19)10-16(13-24)21(26)25-17-8-6-14(7-9-17)22(27)28-3/h6-12H,4-5H2,1-3H3,(H,25,26)/b16-10+. The van der Waals surface area contributed by atoms with E-state index in [0.717, 1.165) is 0 Å². The summed E-state index contributed by atoms with van der Waals surface area (Å²) in [5.41, 5.74) is 1.24. The van der Waals surface area contributed by atoms with Gasteiger partial charge in [-0.1, -0.05) is 0 Å². The number of hydrogen-bond acceptors (Lipinski definition) is 6. The van der Waals surface area contributed by atoms with Gasteiger partial charge in [0.15, 0.2) is 0 Å². The van der Waals surface area contributed by atoms with Crippen LogP contribution >= 0.6 is 15.9 Å². The van der Waals surface area contributed by atoms with Crippen LogP contribution in [0.5, 0.6) is 11.5 Å². The van der Waals surface area contributed by atoms with Crippen molar-refractivity contribution in [3.63, 3.8) is 0 Å². The minimum absolute atomic E-state index is 0.107. The van der Waals surface area contributed by atoms with Crippen molar-refractivity contribution in [1.82, 2.24) is 0 Å². The van der Waals surface area contributed by atoms with Crippen LogP contribution in [0.25, 0.3) is 6.08 Å². The first-order valence-corrected chi connectivity index (χ1v) is 9.93. The molecule has 1 amide bonds. The molecule has 8 heteroatoms. The number of nitrogens with one attached hydrogen (secondary N) is 1. The van der Waals surface area contributed by atoms with Gasteiger partial charge in [-0.25, -0.2) is 4.79 Å². The number of benzene rings is 2. The fourth-order valence-electron chi connectivity index (χ4n) is 2.52. The van der Waals surface area contributed by atoms with E-state index in [-0.39, 0.29) is 5.57 Å². The average molecular weight is 473 g/mol. The Morgan fingerprint density at radius 3 is 2.30 bits per heavy atom. The minimum atomic E-state index is -0.587. The molecule has 156 valence electrons. The number of rotatable bonds is 8. The summed E-state index contributed by atoms with van der Waals surface area (Å²) in [7, 11) is 1.29. The van der Waals surface area contributed by atoms with Crippen molar-refractivity contribution < 1.29 is 23.8 Å². The summed E-state index contributed by atoms with van der Waals surface area (Å²) >= 11 is 3.43. The number of amides is 1. The van der Waals surface area contributed by atoms with E-state index in [1.807, 2.05) is 19.9 Å². The maximum atomic E-state index is 12.6. The number of ether oxygens (including phenoxy) is 3. The predicted molar refractivity (Wildman–Crippen MR) is 116 cm³/mol. The molecule has 0 saturated heterocycles. The van der Waals surface area contributed by atoms with Crippen molar-refractivity contribution in [3.05, 3.63) is 57.6 Å². The molecule has 0 aliphatic heterocycles. The van der Waals surface area contributed by atoms with Gasteiger partial charge in [-0.3, -0.25) is 4.79 Å². The number of esters is 1. The van der Waals surface area contributed by atoms with Gasteiger partial charge < -0.3 is 19.5 Å². The highest BCUT2D eigenvalue weighted by molar-refractivity contribution is 9.10. The summed E-state index contributed by atoms with van der Waals surface area (Å²) in [5.74, 6) is 0.0321. The van der Waals surface area contributed by atoms with E-state index in [0.29, 0.717) is 46.0 Å². The van der Waals surface area contributed by atoms with Crippen LogP contribution in [0.1, 0.15) is 29.8 Å². The Morgan fingerprint density at radius 2 is 1.73 bits per heavy atom. The lowest BCUT2D eigenvalue weighted by Gasteiger charge is -2.13. The third-order valence-corrected chi connectivity index (χ3v) is 4.51. The van der Waals surface area contributed by atoms with Crippen LogP contribution in [0.4, 0.5) is 5.69 Å². The fourth-order valence-corrected chi connectivity index (χ4v) is 3.00. The van der Waals surface area contributed by atoms with E-state index in [9.17, 15) is 14.9 Å². The number of nitriles is 1. The summed E-state index contributed by atoms with van der Waals surface area (Å²) < 4.78 is 16.5. The van der Waals surface area contributed by atoms with E-state index in [4.69, 9.17) is 9.47 Å². The van der Waals surface area contributed by atoms with E-state index in [1.54, 1.807) is 24.3 Å². The van der Waals surface area contributed by atoms with Crippen LogP contribution < -0.4 is 14.8 Å². The molecule has 0 radical (unpaired) electrons. The zero-order valence-corrected chi connectivity index (χ0v) is 18.4. The van der Waals surface area contributed by atoms with Gasteiger partial charge in [-0.2, -0.15) is 5.26 Å². The molecule has 0 bridgehead atoms. The molecule has 0 aliphatic carbocycles. The van der Waals surface area contributed by atoms with Crippen molar-refractivity contribution in [2.45, 2.75) is 13.8 Å². The number of hydrogen-bond donors (Lipinski definition) is 1. The van der Waals surface area contributed by atoms with E-state index >= 15 is 0 Å². The number of carbonyl (C=O) groups excluding carboxylic acids is 2. The molecule has 1 N–H and O–H groups in total. The summed E-state index contributed by atoms with van der Waals surface area (Å²) in [6.45, 7) is 4.61. The normalized spacial score (nSPS) is 10.7. The van der Waals surface area contributed by atoms with Crippen molar-refractivity contribution in [2.24, 2.45) is 0 Å². The van der Waals surface area contributed by atoms with Gasteiger partial charge in [-0.15, -0.1) is 0 Å². The predicted octanol–water partition coefficient (Wildman–Crippen LogP) is 4.58. The van der Waals surface area contributed by atoms with Gasteiger partial charge in [0.1, 0.15) is 23.1 Å². The Morgan fingerprint density at radius 1 is 1.10 bits per heavy atom. The van der Waals surface area contributed by atoms with E-state index in [2.05, 4.69) is 26.0 Å². The number of halogens is 1. The first kappa shape index (κ1) is 23.0. The highest BCUT2D eigenvalue weighted by atomic mass is 79.9. The van der Waals surface area contributed by atoms with Crippen LogP contribution in [0.15, 0.2) is 46.4 Å². The maximum absolute atomic E-state index is 12.6. The molecular formula is C22H21BrN2O5. The molecular weight excluding hydrogens is 452 g/mol. The molecule has 2 aromatic carbocycles. The molecule has 0 heterocycles. The smallest absolute Gasteiger partial charge is 0.337 e. The van der Waals surface area contributed by atoms with Gasteiger partial charge >= 0.3 is 5.97 Å². The Labute approximate surface area is 183 Å². The van der Waals surface area contributed by atoms with Gasteiger partial charge in [0, 0.05) is 17.3 Å². The lowest BCUT2D eigenvalue weighted by atomic mass is 10.1. The molecule has 2 rings (SSSR count). The molecule has 0 saturated carbocycles. The highest BCUT2D eigenvalue weighted by Crippen LogP contribution is 2.34. The average Bonchev–Trinajstić information content (AvgIpc) is 2.75. The molecule has 30 heavy (non-hydrogen) atoms. The van der Waals surface area contributed by atoms with E-state index in [1.165, 1.54) is 25.3 Å². The fraction of sp³-hybridized carbons (Fsp3) is 0.227. The topological polar surface area (TPSA) is 97.6 Å². The third kappa shape index (κ3) is 5.84. The Balaban J connectivity index is 2.30. The minimum Gasteiger partial charge on any atom is -0.493 e. The number of carbonyl (C=O) groups is 2. The molecule has 0 aromatic heterocycles. The second kappa shape index (κ2) is 11.0. The zero-order chi connectivity index (χ0) is 22.1. The Bertz CT molecular complexity index is 994. The SMILES string of the molecule is CCOc1cc(OCC)c(/C=C(\C#N)C(=O)Nc2ccc(C(=O)OC)cc2)cc1Br. The van der Waals surface area contributed by atoms with Crippen molar-refractivity contribution in [1.29, 1.82) is 5.26 Å². The van der Waals surface area contributed by atoms with Crippen molar-refractivity contribution in [3.8, 4) is 17.6 Å². The van der Waals surface area contributed by atoms with Crippen molar-refractivity contribution in [2.75, 3.05) is 25.6 Å². The Kier molecular flexibility index (Phi) is 8.44. The lowest BCUT2D eigenvalue weighted by Crippen LogP contribution is -2.13. The summed E-state index contributed by atoms with van der Waals surface area (Å²) in [4.78, 5) is 24.1. The third-order valence-electron chi connectivity index (χ3n) is 3.89. The van der Waals surface area contributed by atoms with Crippen LogP contribution in [0, 0.1) is 11.3 Å². The molecule has 0 aliphatic rings. The first-order valence-electron chi connectivity index (χ1n) is 9.14. The quantitative estimate of drug-likeness (QED) is 0.343. The van der Waals surface area contributed by atoms with Crippen LogP contribution in [-0.2, 0) is 9.53 Å². The van der Waals surface area contributed by atoms with Crippen LogP contribution in [0.2, 0.25) is 0 Å². The van der Waals surface area contributed by atoms with Crippen LogP contribution in [-0.4, -0.2) is 32.2 Å². The number of anilines is 1. The maximum Gasteiger partial charge on any atom is 0.337 e. The largest absolute Gasteiger partial charge is 0.493 e. The number of methoxy groups -OCH3 is 1. The molecule has 7 nitrogen and oxygen atoms in total. The molecule has 0 spiro atoms. The molecule has 2 aromatic rings. The van der Waals surface area contributed by atoms with Gasteiger partial charge in [-0.05, 0) is 66.2 Å². The summed E-state index contributed by atoms with van der Waals surface area (Å²) in [6, 6.07) is 11.5. The van der Waals surface area contributed by atoms with Gasteiger partial charge in [0.05, 0.1) is 30.4 Å². The molecule has 0 atom stereocenters.